The molecule has 2 aromatic heterocycles. The van der Waals surface area contributed by atoms with Gasteiger partial charge < -0.3 is 10.8 Å². The van der Waals surface area contributed by atoms with Gasteiger partial charge in [-0.2, -0.15) is 0 Å². The fourth-order valence-electron chi connectivity index (χ4n) is 1.73. The number of anilines is 1. The Morgan fingerprint density at radius 3 is 2.75 bits per heavy atom. The van der Waals surface area contributed by atoms with Crippen LogP contribution in [0.25, 0.3) is 5.52 Å². The number of aromatic carboxylic acids is 1. The molecule has 0 amide bonds. The molecule has 16 heavy (non-hydrogen) atoms. The first-order chi connectivity index (χ1) is 7.52. The Kier molecular flexibility index (Phi) is 2.30. The van der Waals surface area contributed by atoms with E-state index in [2.05, 4.69) is 4.98 Å². The third kappa shape index (κ3) is 1.41. The van der Waals surface area contributed by atoms with Gasteiger partial charge in [0.1, 0.15) is 11.6 Å². The number of hydrogen-bond donors (Lipinski definition) is 2. The molecule has 5 nitrogen and oxygen atoms in total. The lowest BCUT2D eigenvalue weighted by molar-refractivity contribution is 0.0693. The normalized spacial score (nSPS) is 11.2. The van der Waals surface area contributed by atoms with Crippen LogP contribution in [0.15, 0.2) is 18.2 Å². The molecule has 0 radical (unpaired) electrons. The van der Waals surface area contributed by atoms with Crippen LogP contribution in [0.2, 0.25) is 0 Å². The molecule has 0 saturated heterocycles. The molecule has 0 spiro atoms. The van der Waals surface area contributed by atoms with Crippen molar-refractivity contribution in [2.24, 2.45) is 0 Å². The average Bonchev–Trinajstić information content (AvgIpc) is 2.58. The molecule has 2 rings (SSSR count). The Hall–Kier alpha value is -2.04. The van der Waals surface area contributed by atoms with E-state index in [0.717, 1.165) is 0 Å². The van der Waals surface area contributed by atoms with Crippen molar-refractivity contribution in [1.82, 2.24) is 9.38 Å². The van der Waals surface area contributed by atoms with Crippen molar-refractivity contribution < 1.29 is 9.90 Å². The summed E-state index contributed by atoms with van der Waals surface area (Å²) >= 11 is 0. The zero-order chi connectivity index (χ0) is 11.9. The highest BCUT2D eigenvalue weighted by atomic mass is 16.4. The highest BCUT2D eigenvalue weighted by molar-refractivity contribution is 5.94. The van der Waals surface area contributed by atoms with Gasteiger partial charge in [-0.3, -0.25) is 4.40 Å². The van der Waals surface area contributed by atoms with E-state index in [9.17, 15) is 4.79 Å². The Bertz CT molecular complexity index is 558. The van der Waals surface area contributed by atoms with E-state index in [1.165, 1.54) is 0 Å². The second-order valence-electron chi connectivity index (χ2n) is 3.95. The van der Waals surface area contributed by atoms with E-state index in [4.69, 9.17) is 10.8 Å². The van der Waals surface area contributed by atoms with Crippen LogP contribution in [0.3, 0.4) is 0 Å². The fraction of sp³-hybridized carbons (Fsp3) is 0.273. The van der Waals surface area contributed by atoms with Gasteiger partial charge in [-0.05, 0) is 12.1 Å². The third-order valence-corrected chi connectivity index (χ3v) is 2.44. The summed E-state index contributed by atoms with van der Waals surface area (Å²) in [4.78, 5) is 15.2. The number of imidazole rings is 1. The minimum atomic E-state index is -1.03. The van der Waals surface area contributed by atoms with Gasteiger partial charge in [-0.1, -0.05) is 19.9 Å². The topological polar surface area (TPSA) is 80.6 Å². The largest absolute Gasteiger partial charge is 0.476 e. The van der Waals surface area contributed by atoms with Crippen LogP contribution in [0.5, 0.6) is 0 Å². The molecule has 0 saturated carbocycles. The summed E-state index contributed by atoms with van der Waals surface area (Å²) in [6.45, 7) is 3.90. The first kappa shape index (κ1) is 10.5. The lowest BCUT2D eigenvalue weighted by atomic mass is 10.2. The predicted octanol–water partition coefficient (Wildman–Crippen LogP) is 1.74. The summed E-state index contributed by atoms with van der Waals surface area (Å²) in [6, 6.07) is 5.16. The molecule has 5 heteroatoms. The van der Waals surface area contributed by atoms with Crippen LogP contribution >= 0.6 is 0 Å². The average molecular weight is 219 g/mol. The molecule has 0 atom stereocenters. The number of rotatable bonds is 2. The molecule has 2 heterocycles. The summed E-state index contributed by atoms with van der Waals surface area (Å²) in [5.74, 6) is 0.256. The quantitative estimate of drug-likeness (QED) is 0.806. The SMILES string of the molecule is CC(C)c1nc(C(=O)O)c2cccc(N)n12. The molecule has 0 aromatic carbocycles. The molecule has 0 unspecified atom stereocenters. The maximum atomic E-state index is 11.0. The van der Waals surface area contributed by atoms with Gasteiger partial charge in [-0.25, -0.2) is 9.78 Å². The first-order valence-electron chi connectivity index (χ1n) is 5.02. The van der Waals surface area contributed by atoms with Gasteiger partial charge in [0.2, 0.25) is 0 Å². The van der Waals surface area contributed by atoms with Gasteiger partial charge in [0.05, 0.1) is 5.52 Å². The second kappa shape index (κ2) is 3.52. The number of pyridine rings is 1. The molecule has 3 N–H and O–H groups in total. The molecule has 0 aliphatic carbocycles. The van der Waals surface area contributed by atoms with E-state index < -0.39 is 5.97 Å². The number of carboxylic acid groups (broad SMARTS) is 1. The second-order valence-corrected chi connectivity index (χ2v) is 3.95. The maximum absolute atomic E-state index is 11.0. The van der Waals surface area contributed by atoms with Crippen molar-refractivity contribution in [3.63, 3.8) is 0 Å². The third-order valence-electron chi connectivity index (χ3n) is 2.44. The number of nitrogens with two attached hydrogens (primary N) is 1. The van der Waals surface area contributed by atoms with Crippen molar-refractivity contribution in [1.29, 1.82) is 0 Å². The van der Waals surface area contributed by atoms with Crippen LogP contribution in [-0.2, 0) is 0 Å². The minimum absolute atomic E-state index is 0.0519. The monoisotopic (exact) mass is 219 g/mol. The number of hydrogen-bond acceptors (Lipinski definition) is 3. The highest BCUT2D eigenvalue weighted by Crippen LogP contribution is 2.22. The standard InChI is InChI=1S/C11H13N3O2/c1-6(2)10-13-9(11(15)16)7-4-3-5-8(12)14(7)10/h3-6H,12H2,1-2H3,(H,15,16). The Morgan fingerprint density at radius 2 is 2.19 bits per heavy atom. The van der Waals surface area contributed by atoms with Crippen molar-refractivity contribution in [2.75, 3.05) is 5.73 Å². The molecule has 84 valence electrons. The van der Waals surface area contributed by atoms with Crippen LogP contribution in [-0.4, -0.2) is 20.5 Å². The zero-order valence-corrected chi connectivity index (χ0v) is 9.14. The van der Waals surface area contributed by atoms with E-state index in [1.807, 2.05) is 13.8 Å². The lowest BCUT2D eigenvalue weighted by Gasteiger charge is -2.06. The number of nitrogen functional groups attached to an aromatic ring is 1. The van der Waals surface area contributed by atoms with Crippen molar-refractivity contribution in [3.05, 3.63) is 29.7 Å². The maximum Gasteiger partial charge on any atom is 0.356 e. The number of carboxylic acids is 1. The first-order valence-corrected chi connectivity index (χ1v) is 5.02. The Balaban J connectivity index is 2.87. The van der Waals surface area contributed by atoms with Crippen LogP contribution < -0.4 is 5.73 Å². The van der Waals surface area contributed by atoms with Crippen molar-refractivity contribution in [3.8, 4) is 0 Å². The number of carbonyl (C=O) groups is 1. The lowest BCUT2D eigenvalue weighted by Crippen LogP contribution is -2.02. The zero-order valence-electron chi connectivity index (χ0n) is 9.14. The summed E-state index contributed by atoms with van der Waals surface area (Å²) in [7, 11) is 0. The number of nitrogens with zero attached hydrogens (tertiary/aromatic N) is 2. The highest BCUT2D eigenvalue weighted by Gasteiger charge is 2.19. The van der Waals surface area contributed by atoms with E-state index >= 15 is 0 Å². The van der Waals surface area contributed by atoms with E-state index in [0.29, 0.717) is 17.2 Å². The Morgan fingerprint density at radius 1 is 1.50 bits per heavy atom. The van der Waals surface area contributed by atoms with Crippen LogP contribution in [0.4, 0.5) is 5.82 Å². The van der Waals surface area contributed by atoms with E-state index in [1.54, 1.807) is 22.6 Å². The summed E-state index contributed by atoms with van der Waals surface area (Å²) < 4.78 is 1.69. The summed E-state index contributed by atoms with van der Waals surface area (Å²) in [5, 5.41) is 9.05. The Labute approximate surface area is 92.5 Å². The molecule has 0 aliphatic rings. The van der Waals surface area contributed by atoms with Gasteiger partial charge in [0, 0.05) is 5.92 Å². The molecular weight excluding hydrogens is 206 g/mol. The van der Waals surface area contributed by atoms with Crippen molar-refractivity contribution in [2.45, 2.75) is 19.8 Å². The van der Waals surface area contributed by atoms with Crippen molar-refractivity contribution >= 4 is 17.3 Å². The molecule has 0 fully saturated rings. The van der Waals surface area contributed by atoms with Gasteiger partial charge in [-0.15, -0.1) is 0 Å². The van der Waals surface area contributed by atoms with E-state index in [-0.39, 0.29) is 11.6 Å². The van der Waals surface area contributed by atoms with Crippen LogP contribution in [0.1, 0.15) is 36.1 Å². The predicted molar refractivity (Wildman–Crippen MR) is 60.7 cm³/mol. The fourth-order valence-corrected chi connectivity index (χ4v) is 1.73. The minimum Gasteiger partial charge on any atom is -0.476 e. The van der Waals surface area contributed by atoms with Crippen LogP contribution in [0, 0.1) is 0 Å². The molecule has 0 aliphatic heterocycles. The summed E-state index contributed by atoms with van der Waals surface area (Å²) in [6.07, 6.45) is 0. The molecular formula is C11H13N3O2. The summed E-state index contributed by atoms with van der Waals surface area (Å²) in [5.41, 5.74) is 6.43. The van der Waals surface area contributed by atoms with Gasteiger partial charge in [0.25, 0.3) is 0 Å². The number of aromatic nitrogens is 2. The molecule has 2 aromatic rings. The molecule has 0 bridgehead atoms. The van der Waals surface area contributed by atoms with Gasteiger partial charge >= 0.3 is 5.97 Å². The smallest absolute Gasteiger partial charge is 0.356 e. The van der Waals surface area contributed by atoms with Gasteiger partial charge in [0.15, 0.2) is 5.69 Å². The number of fused-ring (bicyclic) bond motifs is 1.